The number of nitrogens with zero attached hydrogens (tertiary/aromatic N) is 1. The van der Waals surface area contributed by atoms with Gasteiger partial charge in [0, 0.05) is 22.9 Å². The van der Waals surface area contributed by atoms with Gasteiger partial charge in [0.25, 0.3) is 0 Å². The van der Waals surface area contributed by atoms with Crippen LogP contribution in [0.15, 0.2) is 63.6 Å². The van der Waals surface area contributed by atoms with E-state index in [1.807, 2.05) is 36.4 Å². The van der Waals surface area contributed by atoms with Crippen LogP contribution in [0.5, 0.6) is 5.75 Å². The van der Waals surface area contributed by atoms with Crippen LogP contribution in [0.1, 0.15) is 17.4 Å². The lowest BCUT2D eigenvalue weighted by Crippen LogP contribution is -2.32. The topological polar surface area (TPSA) is 38.8 Å². The molecule has 4 heteroatoms. The third kappa shape index (κ3) is 2.11. The molecule has 0 fully saturated rings. The second-order valence-corrected chi connectivity index (χ2v) is 6.36. The quantitative estimate of drug-likeness (QED) is 0.535. The number of rotatable bonds is 2. The van der Waals surface area contributed by atoms with Gasteiger partial charge in [0.1, 0.15) is 28.8 Å². The summed E-state index contributed by atoms with van der Waals surface area (Å²) in [5, 5.41) is 2.20. The third-order valence-electron chi connectivity index (χ3n) is 4.64. The predicted molar refractivity (Wildman–Crippen MR) is 92.1 cm³/mol. The van der Waals surface area contributed by atoms with Crippen LogP contribution < -0.4 is 4.74 Å². The van der Waals surface area contributed by atoms with Gasteiger partial charge in [0.2, 0.25) is 0 Å². The van der Waals surface area contributed by atoms with Crippen LogP contribution in [0.4, 0.5) is 0 Å². The summed E-state index contributed by atoms with van der Waals surface area (Å²) >= 11 is 0. The number of hydrogen-bond acceptors (Lipinski definition) is 4. The Labute approximate surface area is 139 Å². The molecule has 4 nitrogen and oxygen atoms in total. The first-order valence-corrected chi connectivity index (χ1v) is 8.11. The fourth-order valence-corrected chi connectivity index (χ4v) is 3.50. The zero-order valence-corrected chi connectivity index (χ0v) is 13.4. The van der Waals surface area contributed by atoms with E-state index in [0.717, 1.165) is 52.1 Å². The smallest absolute Gasteiger partial charge is 0.140 e. The van der Waals surface area contributed by atoms with Crippen molar-refractivity contribution in [1.29, 1.82) is 0 Å². The zero-order chi connectivity index (χ0) is 16.1. The van der Waals surface area contributed by atoms with E-state index in [1.54, 1.807) is 6.26 Å². The SMILES string of the molecule is CN1Cc2occc2C(Oc2ccc3oc4ccccc4c3c2)C1. The molecule has 0 spiro atoms. The lowest BCUT2D eigenvalue weighted by atomic mass is 10.1. The molecule has 120 valence electrons. The molecule has 0 radical (unpaired) electrons. The second kappa shape index (κ2) is 5.14. The van der Waals surface area contributed by atoms with E-state index in [-0.39, 0.29) is 6.10 Å². The number of hydrogen-bond donors (Lipinski definition) is 0. The first kappa shape index (κ1) is 13.7. The van der Waals surface area contributed by atoms with Crippen molar-refractivity contribution in [1.82, 2.24) is 4.90 Å². The van der Waals surface area contributed by atoms with Gasteiger partial charge in [-0.1, -0.05) is 18.2 Å². The van der Waals surface area contributed by atoms with Crippen LogP contribution in [-0.4, -0.2) is 18.5 Å². The monoisotopic (exact) mass is 319 g/mol. The molecule has 1 aliphatic heterocycles. The standard InChI is InChI=1S/C20H17NO3/c1-21-11-19-15(8-9-22-19)20(12-21)23-13-6-7-18-16(10-13)14-4-2-3-5-17(14)24-18/h2-10,20H,11-12H2,1H3. The minimum Gasteiger partial charge on any atom is -0.484 e. The van der Waals surface area contributed by atoms with Gasteiger partial charge in [-0.05, 0) is 37.4 Å². The summed E-state index contributed by atoms with van der Waals surface area (Å²) in [6, 6.07) is 16.1. The molecule has 0 aliphatic carbocycles. The molecule has 3 heterocycles. The number of benzene rings is 2. The minimum atomic E-state index is -0.0203. The summed E-state index contributed by atoms with van der Waals surface area (Å²) in [5.74, 6) is 1.84. The van der Waals surface area contributed by atoms with Gasteiger partial charge in [0.05, 0.1) is 12.8 Å². The summed E-state index contributed by atoms with van der Waals surface area (Å²) in [6.45, 7) is 1.67. The first-order chi connectivity index (χ1) is 11.8. The average molecular weight is 319 g/mol. The molecule has 2 aromatic heterocycles. The van der Waals surface area contributed by atoms with Crippen LogP contribution in [0, 0.1) is 0 Å². The van der Waals surface area contributed by atoms with E-state index < -0.39 is 0 Å². The van der Waals surface area contributed by atoms with Crippen molar-refractivity contribution in [3.05, 3.63) is 66.1 Å². The minimum absolute atomic E-state index is 0.0203. The summed E-state index contributed by atoms with van der Waals surface area (Å²) in [7, 11) is 2.08. The molecule has 1 unspecified atom stereocenters. The highest BCUT2D eigenvalue weighted by molar-refractivity contribution is 6.05. The van der Waals surface area contributed by atoms with E-state index >= 15 is 0 Å². The highest BCUT2D eigenvalue weighted by Crippen LogP contribution is 2.35. The molecule has 5 rings (SSSR count). The Morgan fingerprint density at radius 1 is 1.04 bits per heavy atom. The highest BCUT2D eigenvalue weighted by atomic mass is 16.5. The highest BCUT2D eigenvalue weighted by Gasteiger charge is 2.27. The number of para-hydroxylation sites is 1. The fourth-order valence-electron chi connectivity index (χ4n) is 3.50. The molecule has 2 aromatic carbocycles. The van der Waals surface area contributed by atoms with Crippen molar-refractivity contribution in [2.75, 3.05) is 13.6 Å². The van der Waals surface area contributed by atoms with Gasteiger partial charge in [-0.25, -0.2) is 0 Å². The largest absolute Gasteiger partial charge is 0.484 e. The molecule has 1 atom stereocenters. The lowest BCUT2D eigenvalue weighted by Gasteiger charge is -2.29. The van der Waals surface area contributed by atoms with Crippen LogP contribution in [0.2, 0.25) is 0 Å². The van der Waals surface area contributed by atoms with E-state index in [4.69, 9.17) is 13.6 Å². The van der Waals surface area contributed by atoms with Gasteiger partial charge < -0.3 is 13.6 Å². The van der Waals surface area contributed by atoms with Gasteiger partial charge >= 0.3 is 0 Å². The van der Waals surface area contributed by atoms with Crippen molar-refractivity contribution < 1.29 is 13.6 Å². The molecule has 0 bridgehead atoms. The Bertz CT molecular complexity index is 1030. The van der Waals surface area contributed by atoms with Crippen LogP contribution in [0.25, 0.3) is 21.9 Å². The predicted octanol–water partition coefficient (Wildman–Crippen LogP) is 4.74. The first-order valence-electron chi connectivity index (χ1n) is 8.11. The maximum Gasteiger partial charge on any atom is 0.140 e. The average Bonchev–Trinajstić information content (AvgIpc) is 3.19. The summed E-state index contributed by atoms with van der Waals surface area (Å²) in [6.07, 6.45) is 1.72. The van der Waals surface area contributed by atoms with Gasteiger partial charge in [-0.2, -0.15) is 0 Å². The molecule has 0 amide bonds. The number of ether oxygens (including phenoxy) is 1. The molecule has 0 saturated carbocycles. The Morgan fingerprint density at radius 3 is 2.88 bits per heavy atom. The zero-order valence-electron chi connectivity index (χ0n) is 13.4. The Hall–Kier alpha value is -2.72. The third-order valence-corrected chi connectivity index (χ3v) is 4.64. The Morgan fingerprint density at radius 2 is 1.92 bits per heavy atom. The van der Waals surface area contributed by atoms with Crippen molar-refractivity contribution >= 4 is 21.9 Å². The van der Waals surface area contributed by atoms with Gasteiger partial charge in [0.15, 0.2) is 0 Å². The summed E-state index contributed by atoms with van der Waals surface area (Å²) in [4.78, 5) is 2.21. The Balaban J connectivity index is 1.55. The van der Waals surface area contributed by atoms with E-state index in [9.17, 15) is 0 Å². The van der Waals surface area contributed by atoms with Crippen molar-refractivity contribution in [2.45, 2.75) is 12.6 Å². The van der Waals surface area contributed by atoms with E-state index in [1.165, 1.54) is 0 Å². The number of furan rings is 2. The van der Waals surface area contributed by atoms with Crippen molar-refractivity contribution in [3.8, 4) is 5.75 Å². The van der Waals surface area contributed by atoms with E-state index in [2.05, 4.69) is 24.1 Å². The Kier molecular flexibility index (Phi) is 2.94. The molecule has 1 aliphatic rings. The normalized spacial score (nSPS) is 18.1. The maximum absolute atomic E-state index is 6.29. The number of fused-ring (bicyclic) bond motifs is 4. The molecular formula is C20H17NO3. The van der Waals surface area contributed by atoms with Gasteiger partial charge in [-0.3, -0.25) is 4.90 Å². The second-order valence-electron chi connectivity index (χ2n) is 6.36. The van der Waals surface area contributed by atoms with Crippen LogP contribution in [0.3, 0.4) is 0 Å². The van der Waals surface area contributed by atoms with Crippen LogP contribution in [-0.2, 0) is 6.54 Å². The summed E-state index contributed by atoms with van der Waals surface area (Å²) < 4.78 is 17.7. The fraction of sp³-hybridized carbons (Fsp3) is 0.200. The van der Waals surface area contributed by atoms with Gasteiger partial charge in [-0.15, -0.1) is 0 Å². The van der Waals surface area contributed by atoms with Crippen molar-refractivity contribution in [3.63, 3.8) is 0 Å². The van der Waals surface area contributed by atoms with E-state index in [0.29, 0.717) is 0 Å². The molecule has 4 aromatic rings. The molecule has 0 saturated heterocycles. The summed E-state index contributed by atoms with van der Waals surface area (Å²) in [5.41, 5.74) is 2.93. The lowest BCUT2D eigenvalue weighted by molar-refractivity contribution is 0.120. The maximum atomic E-state index is 6.29. The molecule has 24 heavy (non-hydrogen) atoms. The molecule has 0 N–H and O–H groups in total. The molecular weight excluding hydrogens is 302 g/mol. The van der Waals surface area contributed by atoms with Crippen molar-refractivity contribution in [2.24, 2.45) is 0 Å². The van der Waals surface area contributed by atoms with Crippen LogP contribution >= 0.6 is 0 Å². The number of likely N-dealkylation sites (N-methyl/N-ethyl adjacent to an activating group) is 1.